The van der Waals surface area contributed by atoms with Gasteiger partial charge in [0.05, 0.1) is 7.11 Å². The number of carbonyl (C=O) groups excluding carboxylic acids is 2. The Morgan fingerprint density at radius 1 is 1.67 bits per heavy atom. The number of methoxy groups -OCH3 is 1. The molecule has 6 heteroatoms. The van der Waals surface area contributed by atoms with E-state index in [0.717, 1.165) is 0 Å². The van der Waals surface area contributed by atoms with Crippen molar-refractivity contribution in [3.05, 3.63) is 18.3 Å². The second-order valence-electron chi connectivity index (χ2n) is 3.92. The van der Waals surface area contributed by atoms with E-state index < -0.39 is 18.0 Å². The van der Waals surface area contributed by atoms with Gasteiger partial charge in [-0.25, -0.2) is 4.98 Å². The molecule has 0 radical (unpaired) electrons. The predicted octanol–water partition coefficient (Wildman–Crippen LogP) is 0.980. The molecule has 0 aliphatic carbocycles. The third-order valence-corrected chi connectivity index (χ3v) is 2.83. The summed E-state index contributed by atoms with van der Waals surface area (Å²) in [5.41, 5.74) is 0. The Balaban J connectivity index is 2.26. The van der Waals surface area contributed by atoms with E-state index in [4.69, 9.17) is 4.74 Å². The molecule has 2 unspecified atom stereocenters. The van der Waals surface area contributed by atoms with Gasteiger partial charge >= 0.3 is 5.97 Å². The van der Waals surface area contributed by atoms with E-state index in [1.54, 1.807) is 25.3 Å². The number of aromatic nitrogens is 1. The second-order valence-corrected chi connectivity index (χ2v) is 3.92. The molecule has 0 aromatic carbocycles. The van der Waals surface area contributed by atoms with E-state index in [1.807, 2.05) is 0 Å². The summed E-state index contributed by atoms with van der Waals surface area (Å²) in [5, 5.41) is 2.62. The van der Waals surface area contributed by atoms with Gasteiger partial charge in [-0.2, -0.15) is 0 Å². The number of nitrogens with one attached hydrogen (secondary N) is 1. The van der Waals surface area contributed by atoms with Crippen molar-refractivity contribution in [1.82, 2.24) is 4.98 Å². The highest BCUT2D eigenvalue weighted by molar-refractivity contribution is 5.99. The number of rotatable bonds is 3. The van der Waals surface area contributed by atoms with E-state index in [0.29, 0.717) is 18.0 Å². The average molecular weight is 250 g/mol. The van der Waals surface area contributed by atoms with Crippen LogP contribution in [0.2, 0.25) is 0 Å². The van der Waals surface area contributed by atoms with Gasteiger partial charge in [-0.1, -0.05) is 6.92 Å². The lowest BCUT2D eigenvalue weighted by Crippen LogP contribution is -2.45. The van der Waals surface area contributed by atoms with E-state index in [-0.39, 0.29) is 5.91 Å². The summed E-state index contributed by atoms with van der Waals surface area (Å²) < 4.78 is 10.2. The van der Waals surface area contributed by atoms with Crippen molar-refractivity contribution < 1.29 is 19.1 Å². The lowest BCUT2D eigenvalue weighted by Gasteiger charge is -2.28. The van der Waals surface area contributed by atoms with Crippen LogP contribution >= 0.6 is 0 Å². The first kappa shape index (κ1) is 12.3. The number of ether oxygens (including phenoxy) is 2. The molecular formula is C12H14N2O4. The molecule has 1 aromatic rings. The minimum Gasteiger partial charge on any atom is -0.476 e. The third-order valence-electron chi connectivity index (χ3n) is 2.83. The highest BCUT2D eigenvalue weighted by atomic mass is 16.5. The van der Waals surface area contributed by atoms with Gasteiger partial charge in [0, 0.05) is 6.20 Å². The minimum absolute atomic E-state index is 0.374. The molecule has 1 aliphatic rings. The fraction of sp³-hybridized carbons (Fsp3) is 0.417. The minimum atomic E-state index is -0.876. The molecule has 1 aromatic heterocycles. The molecule has 1 N–H and O–H groups in total. The Morgan fingerprint density at radius 2 is 2.44 bits per heavy atom. The van der Waals surface area contributed by atoms with Gasteiger partial charge in [-0.3, -0.25) is 9.59 Å². The first-order chi connectivity index (χ1) is 8.67. The summed E-state index contributed by atoms with van der Waals surface area (Å²) in [7, 11) is 1.29. The van der Waals surface area contributed by atoms with Crippen LogP contribution in [0.1, 0.15) is 13.3 Å². The van der Waals surface area contributed by atoms with Crippen LogP contribution in [0.5, 0.6) is 5.75 Å². The summed E-state index contributed by atoms with van der Waals surface area (Å²) in [6.07, 6.45) is 1.14. The lowest BCUT2D eigenvalue weighted by molar-refractivity contribution is -0.152. The summed E-state index contributed by atoms with van der Waals surface area (Å²) in [5.74, 6) is -0.616. The molecule has 18 heavy (non-hydrogen) atoms. The summed E-state index contributed by atoms with van der Waals surface area (Å²) in [6, 6.07) is 3.39. The van der Waals surface area contributed by atoms with E-state index in [9.17, 15) is 9.59 Å². The van der Waals surface area contributed by atoms with Crippen molar-refractivity contribution in [2.45, 2.75) is 19.4 Å². The first-order valence-corrected chi connectivity index (χ1v) is 5.67. The Morgan fingerprint density at radius 3 is 3.11 bits per heavy atom. The number of amides is 1. The SMILES string of the molecule is CCC(C(=O)OC)C1Oc2cccnc2NC1=O. The van der Waals surface area contributed by atoms with Crippen LogP contribution in [0.3, 0.4) is 0 Å². The Kier molecular flexibility index (Phi) is 3.45. The molecule has 6 nitrogen and oxygen atoms in total. The quantitative estimate of drug-likeness (QED) is 0.809. The predicted molar refractivity (Wildman–Crippen MR) is 63.1 cm³/mol. The van der Waals surface area contributed by atoms with Gasteiger partial charge in [0.25, 0.3) is 5.91 Å². The largest absolute Gasteiger partial charge is 0.476 e. The average Bonchev–Trinajstić information content (AvgIpc) is 2.39. The Labute approximate surface area is 104 Å². The second kappa shape index (κ2) is 5.03. The fourth-order valence-corrected chi connectivity index (χ4v) is 1.88. The molecule has 0 saturated carbocycles. The molecule has 2 heterocycles. The lowest BCUT2D eigenvalue weighted by atomic mass is 9.98. The standard InChI is InChI=1S/C12H14N2O4/c1-3-7(12(16)17-2)9-11(15)14-10-8(18-9)5-4-6-13-10/h4-7,9H,3H2,1-2H3,(H,13,14,15). The van der Waals surface area contributed by atoms with Crippen LogP contribution in [0, 0.1) is 5.92 Å². The van der Waals surface area contributed by atoms with E-state index in [1.165, 1.54) is 7.11 Å². The number of hydrogen-bond acceptors (Lipinski definition) is 5. The van der Waals surface area contributed by atoms with Gasteiger partial charge < -0.3 is 14.8 Å². The molecule has 2 rings (SSSR count). The fourth-order valence-electron chi connectivity index (χ4n) is 1.88. The molecule has 0 spiro atoms. The maximum absolute atomic E-state index is 11.9. The van der Waals surface area contributed by atoms with Crippen LogP contribution < -0.4 is 10.1 Å². The van der Waals surface area contributed by atoms with Gasteiger partial charge in [-0.15, -0.1) is 0 Å². The molecule has 0 saturated heterocycles. The zero-order valence-corrected chi connectivity index (χ0v) is 10.2. The van der Waals surface area contributed by atoms with Crippen molar-refractivity contribution in [3.63, 3.8) is 0 Å². The summed E-state index contributed by atoms with van der Waals surface area (Å²) in [6.45, 7) is 1.80. The van der Waals surface area contributed by atoms with Crippen molar-refractivity contribution >= 4 is 17.7 Å². The smallest absolute Gasteiger partial charge is 0.312 e. The normalized spacial score (nSPS) is 19.2. The highest BCUT2D eigenvalue weighted by Gasteiger charge is 2.38. The van der Waals surface area contributed by atoms with Crippen molar-refractivity contribution in [2.75, 3.05) is 12.4 Å². The highest BCUT2D eigenvalue weighted by Crippen LogP contribution is 2.30. The molecule has 0 bridgehead atoms. The molecule has 96 valence electrons. The van der Waals surface area contributed by atoms with Gasteiger partial charge in [-0.05, 0) is 18.6 Å². The third kappa shape index (κ3) is 2.13. The Hall–Kier alpha value is -2.11. The van der Waals surface area contributed by atoms with Crippen LogP contribution in [0.4, 0.5) is 5.82 Å². The molecule has 1 amide bonds. The maximum Gasteiger partial charge on any atom is 0.312 e. The van der Waals surface area contributed by atoms with Crippen LogP contribution in [-0.2, 0) is 14.3 Å². The number of anilines is 1. The zero-order chi connectivity index (χ0) is 13.1. The van der Waals surface area contributed by atoms with Gasteiger partial charge in [0.1, 0.15) is 5.92 Å². The van der Waals surface area contributed by atoms with Crippen LogP contribution in [0.15, 0.2) is 18.3 Å². The zero-order valence-electron chi connectivity index (χ0n) is 10.2. The molecule has 2 atom stereocenters. The van der Waals surface area contributed by atoms with Gasteiger partial charge in [0.2, 0.25) is 0 Å². The van der Waals surface area contributed by atoms with Crippen molar-refractivity contribution in [2.24, 2.45) is 5.92 Å². The molecular weight excluding hydrogens is 236 g/mol. The van der Waals surface area contributed by atoms with Crippen LogP contribution in [0.25, 0.3) is 0 Å². The van der Waals surface area contributed by atoms with Crippen molar-refractivity contribution in [1.29, 1.82) is 0 Å². The number of hydrogen-bond donors (Lipinski definition) is 1. The van der Waals surface area contributed by atoms with E-state index in [2.05, 4.69) is 15.0 Å². The maximum atomic E-state index is 11.9. The molecule has 1 aliphatic heterocycles. The monoisotopic (exact) mass is 250 g/mol. The van der Waals surface area contributed by atoms with Crippen molar-refractivity contribution in [3.8, 4) is 5.75 Å². The van der Waals surface area contributed by atoms with Gasteiger partial charge in [0.15, 0.2) is 17.7 Å². The Bertz CT molecular complexity index is 475. The topological polar surface area (TPSA) is 77.5 Å². The number of esters is 1. The van der Waals surface area contributed by atoms with E-state index >= 15 is 0 Å². The number of pyridine rings is 1. The number of carbonyl (C=O) groups is 2. The summed E-state index contributed by atoms with van der Waals surface area (Å²) in [4.78, 5) is 27.5. The van der Waals surface area contributed by atoms with Crippen LogP contribution in [-0.4, -0.2) is 30.1 Å². The number of nitrogens with zero attached hydrogens (tertiary/aromatic N) is 1. The number of fused-ring (bicyclic) bond motifs is 1. The molecule has 0 fully saturated rings. The summed E-state index contributed by atoms with van der Waals surface area (Å²) >= 11 is 0. The first-order valence-electron chi connectivity index (χ1n) is 5.67.